The molecular weight excluding hydrogens is 212 g/mol. The molecule has 0 unspecified atom stereocenters. The lowest BCUT2D eigenvalue weighted by molar-refractivity contribution is 0.0953. The maximum absolute atomic E-state index is 11.6. The van der Waals surface area contributed by atoms with Crippen LogP contribution in [0.4, 0.5) is 0 Å². The Balaban J connectivity index is 2.65. The molecule has 3 N–H and O–H groups in total. The quantitative estimate of drug-likeness (QED) is 0.769. The largest absolute Gasteiger partial charge is 0.352 e. The van der Waals surface area contributed by atoms with Crippen LogP contribution in [0.2, 0.25) is 5.02 Å². The van der Waals surface area contributed by atoms with E-state index < -0.39 is 0 Å². The minimum absolute atomic E-state index is 0.145. The number of aryl methyl sites for hydroxylation is 1. The van der Waals surface area contributed by atoms with Crippen molar-refractivity contribution in [1.82, 2.24) is 5.32 Å². The van der Waals surface area contributed by atoms with E-state index in [0.29, 0.717) is 23.7 Å². The molecule has 1 aromatic rings. The third-order valence-electron chi connectivity index (χ3n) is 2.04. The van der Waals surface area contributed by atoms with Crippen LogP contribution >= 0.6 is 11.6 Å². The van der Waals surface area contributed by atoms with E-state index in [9.17, 15) is 4.79 Å². The highest BCUT2D eigenvalue weighted by Crippen LogP contribution is 2.17. The van der Waals surface area contributed by atoms with Crippen LogP contribution in [0, 0.1) is 6.92 Å². The number of benzene rings is 1. The maximum Gasteiger partial charge on any atom is 0.252 e. The molecule has 15 heavy (non-hydrogen) atoms. The lowest BCUT2D eigenvalue weighted by Crippen LogP contribution is -2.26. The molecule has 1 amide bonds. The monoisotopic (exact) mass is 226 g/mol. The standard InChI is InChI=1S/C11H15ClN2O/c1-8-3-4-9(10(12)7-8)11(15)14-6-2-5-13/h3-4,7H,2,5-6,13H2,1H3,(H,14,15). The third kappa shape index (κ3) is 3.53. The molecule has 3 nitrogen and oxygen atoms in total. The average molecular weight is 227 g/mol. The summed E-state index contributed by atoms with van der Waals surface area (Å²) in [5.41, 5.74) is 6.88. The highest BCUT2D eigenvalue weighted by atomic mass is 35.5. The summed E-state index contributed by atoms with van der Waals surface area (Å²) in [6, 6.07) is 5.37. The van der Waals surface area contributed by atoms with Gasteiger partial charge in [0, 0.05) is 6.54 Å². The molecule has 0 bridgehead atoms. The number of hydrogen-bond acceptors (Lipinski definition) is 2. The van der Waals surface area contributed by atoms with Crippen molar-refractivity contribution in [2.45, 2.75) is 13.3 Å². The predicted molar refractivity (Wildman–Crippen MR) is 62.2 cm³/mol. The summed E-state index contributed by atoms with van der Waals surface area (Å²) in [6.45, 7) is 3.09. The van der Waals surface area contributed by atoms with E-state index in [1.165, 1.54) is 0 Å². The van der Waals surface area contributed by atoms with Crippen molar-refractivity contribution in [2.24, 2.45) is 5.73 Å². The zero-order valence-corrected chi connectivity index (χ0v) is 9.47. The van der Waals surface area contributed by atoms with Crippen molar-refractivity contribution in [3.05, 3.63) is 34.3 Å². The molecule has 0 aromatic heterocycles. The smallest absolute Gasteiger partial charge is 0.252 e. The van der Waals surface area contributed by atoms with Crippen LogP contribution in [0.25, 0.3) is 0 Å². The van der Waals surface area contributed by atoms with Crippen molar-refractivity contribution in [1.29, 1.82) is 0 Å². The van der Waals surface area contributed by atoms with E-state index in [1.807, 2.05) is 13.0 Å². The summed E-state index contributed by atoms with van der Waals surface area (Å²) in [5.74, 6) is -0.145. The zero-order chi connectivity index (χ0) is 11.3. The van der Waals surface area contributed by atoms with E-state index in [2.05, 4.69) is 5.32 Å². The Morgan fingerprint density at radius 2 is 2.27 bits per heavy atom. The van der Waals surface area contributed by atoms with Gasteiger partial charge in [-0.15, -0.1) is 0 Å². The number of rotatable bonds is 4. The van der Waals surface area contributed by atoms with Gasteiger partial charge in [-0.1, -0.05) is 17.7 Å². The molecule has 1 aromatic carbocycles. The Morgan fingerprint density at radius 1 is 1.53 bits per heavy atom. The summed E-state index contributed by atoms with van der Waals surface area (Å²) in [6.07, 6.45) is 0.773. The Bertz CT molecular complexity index is 352. The summed E-state index contributed by atoms with van der Waals surface area (Å²) in [5, 5.41) is 3.24. The van der Waals surface area contributed by atoms with Gasteiger partial charge < -0.3 is 11.1 Å². The van der Waals surface area contributed by atoms with Crippen molar-refractivity contribution in [2.75, 3.05) is 13.1 Å². The highest BCUT2D eigenvalue weighted by molar-refractivity contribution is 6.33. The summed E-state index contributed by atoms with van der Waals surface area (Å²) >= 11 is 5.95. The fraction of sp³-hybridized carbons (Fsp3) is 0.364. The normalized spacial score (nSPS) is 10.1. The minimum atomic E-state index is -0.145. The van der Waals surface area contributed by atoms with E-state index in [-0.39, 0.29) is 5.91 Å². The van der Waals surface area contributed by atoms with Crippen LogP contribution in [0.3, 0.4) is 0 Å². The third-order valence-corrected chi connectivity index (χ3v) is 2.35. The van der Waals surface area contributed by atoms with Crippen LogP contribution in [-0.2, 0) is 0 Å². The molecule has 0 aliphatic heterocycles. The Labute approximate surface area is 94.6 Å². The number of nitrogens with two attached hydrogens (primary N) is 1. The van der Waals surface area contributed by atoms with Crippen molar-refractivity contribution in [3.63, 3.8) is 0 Å². The number of halogens is 1. The Morgan fingerprint density at radius 3 is 2.87 bits per heavy atom. The van der Waals surface area contributed by atoms with Gasteiger partial charge in [0.05, 0.1) is 10.6 Å². The summed E-state index contributed by atoms with van der Waals surface area (Å²) < 4.78 is 0. The number of amides is 1. The molecule has 0 aliphatic rings. The highest BCUT2D eigenvalue weighted by Gasteiger charge is 2.08. The SMILES string of the molecule is Cc1ccc(C(=O)NCCCN)c(Cl)c1. The first-order valence-electron chi connectivity index (χ1n) is 4.89. The number of carbonyl (C=O) groups is 1. The summed E-state index contributed by atoms with van der Waals surface area (Å²) in [7, 11) is 0. The average Bonchev–Trinajstić information content (AvgIpc) is 2.17. The molecule has 1 rings (SSSR count). The van der Waals surface area contributed by atoms with E-state index in [0.717, 1.165) is 12.0 Å². The van der Waals surface area contributed by atoms with Crippen molar-refractivity contribution in [3.8, 4) is 0 Å². The Hall–Kier alpha value is -1.06. The lowest BCUT2D eigenvalue weighted by Gasteiger charge is -2.06. The molecule has 0 radical (unpaired) electrons. The Kier molecular flexibility index (Phi) is 4.59. The van der Waals surface area contributed by atoms with Crippen LogP contribution in [0.1, 0.15) is 22.3 Å². The molecule has 0 heterocycles. The fourth-order valence-corrected chi connectivity index (χ4v) is 1.52. The minimum Gasteiger partial charge on any atom is -0.352 e. The maximum atomic E-state index is 11.6. The van der Waals surface area contributed by atoms with Crippen LogP contribution in [0.5, 0.6) is 0 Å². The van der Waals surface area contributed by atoms with E-state index in [1.54, 1.807) is 12.1 Å². The molecule has 0 atom stereocenters. The van der Waals surface area contributed by atoms with Gasteiger partial charge in [-0.25, -0.2) is 0 Å². The van der Waals surface area contributed by atoms with E-state index >= 15 is 0 Å². The van der Waals surface area contributed by atoms with Gasteiger partial charge in [0.15, 0.2) is 0 Å². The second-order valence-electron chi connectivity index (χ2n) is 3.38. The van der Waals surface area contributed by atoms with Gasteiger partial charge in [0.2, 0.25) is 0 Å². The first-order valence-corrected chi connectivity index (χ1v) is 5.27. The topological polar surface area (TPSA) is 55.1 Å². The molecule has 0 spiro atoms. The molecule has 82 valence electrons. The van der Waals surface area contributed by atoms with Crippen LogP contribution in [-0.4, -0.2) is 19.0 Å². The lowest BCUT2D eigenvalue weighted by atomic mass is 10.1. The van der Waals surface area contributed by atoms with Gasteiger partial charge in [-0.05, 0) is 37.6 Å². The predicted octanol–water partition coefficient (Wildman–Crippen LogP) is 1.73. The van der Waals surface area contributed by atoms with Gasteiger partial charge >= 0.3 is 0 Å². The first-order chi connectivity index (χ1) is 7.15. The second kappa shape index (κ2) is 5.73. The molecular formula is C11H15ClN2O. The molecule has 0 aliphatic carbocycles. The number of nitrogens with one attached hydrogen (secondary N) is 1. The first kappa shape index (κ1) is 12.0. The van der Waals surface area contributed by atoms with Crippen molar-refractivity contribution < 1.29 is 4.79 Å². The second-order valence-corrected chi connectivity index (χ2v) is 3.79. The van der Waals surface area contributed by atoms with Crippen LogP contribution in [0.15, 0.2) is 18.2 Å². The van der Waals surface area contributed by atoms with Gasteiger partial charge in [0.25, 0.3) is 5.91 Å². The zero-order valence-electron chi connectivity index (χ0n) is 8.72. The summed E-state index contributed by atoms with van der Waals surface area (Å²) in [4.78, 5) is 11.6. The molecule has 0 saturated carbocycles. The molecule has 0 saturated heterocycles. The number of carbonyl (C=O) groups excluding carboxylic acids is 1. The van der Waals surface area contributed by atoms with Gasteiger partial charge in [-0.3, -0.25) is 4.79 Å². The number of hydrogen-bond donors (Lipinski definition) is 2. The molecule has 0 fully saturated rings. The van der Waals surface area contributed by atoms with Gasteiger partial charge in [-0.2, -0.15) is 0 Å². The van der Waals surface area contributed by atoms with Crippen molar-refractivity contribution >= 4 is 17.5 Å². The van der Waals surface area contributed by atoms with E-state index in [4.69, 9.17) is 17.3 Å². The van der Waals surface area contributed by atoms with Gasteiger partial charge in [0.1, 0.15) is 0 Å². The molecule has 4 heteroatoms. The van der Waals surface area contributed by atoms with Crippen LogP contribution < -0.4 is 11.1 Å². The fourth-order valence-electron chi connectivity index (χ4n) is 1.20.